The molecule has 0 aliphatic carbocycles. The van der Waals surface area contributed by atoms with E-state index in [2.05, 4.69) is 38.2 Å². The van der Waals surface area contributed by atoms with Crippen molar-refractivity contribution < 1.29 is 73.8 Å². The van der Waals surface area contributed by atoms with E-state index in [0.717, 1.165) is 51.4 Å². The van der Waals surface area contributed by atoms with Crippen LogP contribution < -0.4 is 0 Å². The van der Waals surface area contributed by atoms with Crippen molar-refractivity contribution in [1.29, 1.82) is 0 Å². The largest absolute Gasteiger partial charge is 0.462 e. The molecule has 11 atom stereocenters. The lowest BCUT2D eigenvalue weighted by Crippen LogP contribution is -2.61. The highest BCUT2D eigenvalue weighted by Crippen LogP contribution is 2.27. The quantitative estimate of drug-likeness (QED) is 0.0171. The summed E-state index contributed by atoms with van der Waals surface area (Å²) in [5, 5.41) is 72.5. The van der Waals surface area contributed by atoms with E-state index < -0.39 is 92.7 Å². The number of rotatable bonds is 54. The average Bonchev–Trinajstić information content (AvgIpc) is 3.52. The second-order valence-corrected chi connectivity index (χ2v) is 23.3. The zero-order valence-corrected chi connectivity index (χ0v) is 50.6. The summed E-state index contributed by atoms with van der Waals surface area (Å²) in [6.07, 6.45) is 42.0. The molecule has 0 bridgehead atoms. The average molecular weight is 1140 g/mol. The van der Waals surface area contributed by atoms with Crippen LogP contribution in [-0.2, 0) is 38.0 Å². The molecule has 15 nitrogen and oxygen atoms in total. The van der Waals surface area contributed by atoms with Crippen LogP contribution in [-0.4, -0.2) is 142 Å². The summed E-state index contributed by atoms with van der Waals surface area (Å²) in [5.41, 5.74) is 0. The predicted molar refractivity (Wildman–Crippen MR) is 317 cm³/mol. The highest BCUT2D eigenvalue weighted by molar-refractivity contribution is 5.70. The van der Waals surface area contributed by atoms with Gasteiger partial charge in [0.05, 0.1) is 19.8 Å². The Morgan fingerprint density at radius 2 is 0.750 bits per heavy atom. The fourth-order valence-electron chi connectivity index (χ4n) is 10.6. The van der Waals surface area contributed by atoms with Crippen LogP contribution in [0.1, 0.15) is 284 Å². The second kappa shape index (κ2) is 51.4. The van der Waals surface area contributed by atoms with E-state index in [0.29, 0.717) is 12.8 Å². The Labute approximate surface area is 485 Å². The summed E-state index contributed by atoms with van der Waals surface area (Å²) in [6.45, 7) is 2.65. The molecule has 2 aliphatic heterocycles. The minimum absolute atomic E-state index is 0.166. The fraction of sp³-hybridized carbons (Fsp3) is 0.908. The van der Waals surface area contributed by atoms with Crippen molar-refractivity contribution in [3.8, 4) is 0 Å². The van der Waals surface area contributed by atoms with Gasteiger partial charge < -0.3 is 64.2 Å². The lowest BCUT2D eigenvalue weighted by atomic mass is 9.98. The van der Waals surface area contributed by atoms with Crippen LogP contribution >= 0.6 is 0 Å². The maximum absolute atomic E-state index is 13.1. The molecule has 0 aromatic rings. The van der Waals surface area contributed by atoms with E-state index in [1.165, 1.54) is 193 Å². The normalized spacial score (nSPS) is 23.8. The Morgan fingerprint density at radius 1 is 0.400 bits per heavy atom. The fourth-order valence-corrected chi connectivity index (χ4v) is 10.6. The standard InChI is InChI=1S/C65H120O15/c1-3-5-7-9-11-13-15-17-19-21-23-25-26-28-30-32-34-36-38-40-42-44-46-48-57(68)78-53(51-76-64-63(74)61(72)59(70)55(80-64)52-77-65-62(73)60(71)58(69)54(49-66)79-65)50-75-56(67)47-45-43-41-39-37-35-33-31-29-27-24-22-20-18-16-14-12-10-8-6-4-2/h15,17,21,23,53-55,58-66,69-74H,3-14,16,18-20,22,24-52H2,1-2H3/b17-15-,23-21-. The molecule has 7 N–H and O–H groups in total. The van der Waals surface area contributed by atoms with E-state index in [1.54, 1.807) is 0 Å². The molecule has 0 radical (unpaired) electrons. The van der Waals surface area contributed by atoms with Gasteiger partial charge in [-0.25, -0.2) is 0 Å². The number of hydrogen-bond acceptors (Lipinski definition) is 15. The van der Waals surface area contributed by atoms with Gasteiger partial charge in [0, 0.05) is 12.8 Å². The van der Waals surface area contributed by atoms with Crippen molar-refractivity contribution >= 4 is 11.9 Å². The van der Waals surface area contributed by atoms with E-state index in [9.17, 15) is 45.3 Å². The maximum atomic E-state index is 13.1. The number of unbranched alkanes of at least 4 members (excludes halogenated alkanes) is 36. The van der Waals surface area contributed by atoms with Gasteiger partial charge >= 0.3 is 11.9 Å². The monoisotopic (exact) mass is 1140 g/mol. The van der Waals surface area contributed by atoms with Gasteiger partial charge in [-0.3, -0.25) is 9.59 Å². The number of esters is 2. The predicted octanol–water partition coefficient (Wildman–Crippen LogP) is 12.6. The third-order valence-electron chi connectivity index (χ3n) is 15.9. The van der Waals surface area contributed by atoms with Crippen molar-refractivity contribution in [3.63, 3.8) is 0 Å². The summed E-state index contributed by atoms with van der Waals surface area (Å²) >= 11 is 0. The number of hydrogen-bond donors (Lipinski definition) is 7. The van der Waals surface area contributed by atoms with E-state index in [4.69, 9.17) is 28.4 Å². The highest BCUT2D eigenvalue weighted by Gasteiger charge is 2.47. The van der Waals surface area contributed by atoms with E-state index in [-0.39, 0.29) is 26.1 Å². The Hall–Kier alpha value is -2.02. The first-order valence-corrected chi connectivity index (χ1v) is 32.9. The number of ether oxygens (including phenoxy) is 6. The lowest BCUT2D eigenvalue weighted by molar-refractivity contribution is -0.332. The minimum Gasteiger partial charge on any atom is -0.462 e. The molecule has 2 heterocycles. The van der Waals surface area contributed by atoms with Crippen LogP contribution in [0.4, 0.5) is 0 Å². The summed E-state index contributed by atoms with van der Waals surface area (Å²) in [6, 6.07) is 0. The highest BCUT2D eigenvalue weighted by atomic mass is 16.7. The molecule has 11 unspecified atom stereocenters. The molecule has 0 aromatic carbocycles. The first-order chi connectivity index (χ1) is 39.0. The van der Waals surface area contributed by atoms with Gasteiger partial charge in [0.2, 0.25) is 0 Å². The topological polar surface area (TPSA) is 231 Å². The zero-order valence-electron chi connectivity index (χ0n) is 50.6. The van der Waals surface area contributed by atoms with Crippen LogP contribution in [0.25, 0.3) is 0 Å². The Morgan fingerprint density at radius 3 is 1.16 bits per heavy atom. The van der Waals surface area contributed by atoms with Gasteiger partial charge in [0.1, 0.15) is 55.4 Å². The van der Waals surface area contributed by atoms with Crippen LogP contribution in [0.15, 0.2) is 24.3 Å². The Bertz CT molecular complexity index is 1480. The molecule has 2 saturated heterocycles. The molecule has 470 valence electrons. The first kappa shape index (κ1) is 74.1. The van der Waals surface area contributed by atoms with Crippen LogP contribution in [0.3, 0.4) is 0 Å². The summed E-state index contributed by atoms with van der Waals surface area (Å²) in [4.78, 5) is 26.0. The van der Waals surface area contributed by atoms with Crippen molar-refractivity contribution in [2.45, 2.75) is 351 Å². The summed E-state index contributed by atoms with van der Waals surface area (Å²) in [7, 11) is 0. The second-order valence-electron chi connectivity index (χ2n) is 23.3. The number of carbonyl (C=O) groups is 2. The Balaban J connectivity index is 1.69. The van der Waals surface area contributed by atoms with E-state index in [1.807, 2.05) is 0 Å². The molecule has 15 heteroatoms. The molecule has 2 rings (SSSR count). The molecule has 2 aliphatic rings. The van der Waals surface area contributed by atoms with Gasteiger partial charge in [0.25, 0.3) is 0 Å². The molecule has 2 fully saturated rings. The molecule has 0 aromatic heterocycles. The van der Waals surface area contributed by atoms with Crippen molar-refractivity contribution in [2.24, 2.45) is 0 Å². The Kier molecular flexibility index (Phi) is 47.6. The first-order valence-electron chi connectivity index (χ1n) is 32.9. The SMILES string of the molecule is CCCCCCC/C=C\C/C=C\CCCCCCCCCCCCCC(=O)OC(COC(=O)CCCCCCCCCCCCCCCCCCCCCCC)COC1OC(COC2OC(CO)C(O)C(O)C2O)C(O)C(O)C1O. The van der Waals surface area contributed by atoms with Gasteiger partial charge in [-0.05, 0) is 44.9 Å². The van der Waals surface area contributed by atoms with Crippen LogP contribution in [0.2, 0.25) is 0 Å². The molecule has 0 spiro atoms. The maximum Gasteiger partial charge on any atom is 0.306 e. The van der Waals surface area contributed by atoms with Gasteiger partial charge in [-0.1, -0.05) is 250 Å². The van der Waals surface area contributed by atoms with Crippen LogP contribution in [0, 0.1) is 0 Å². The van der Waals surface area contributed by atoms with Gasteiger partial charge in [-0.2, -0.15) is 0 Å². The number of aliphatic hydroxyl groups excluding tert-OH is 7. The zero-order chi connectivity index (χ0) is 58.1. The van der Waals surface area contributed by atoms with Gasteiger partial charge in [-0.15, -0.1) is 0 Å². The van der Waals surface area contributed by atoms with Crippen LogP contribution in [0.5, 0.6) is 0 Å². The molecular weight excluding hydrogens is 1020 g/mol. The smallest absolute Gasteiger partial charge is 0.306 e. The molecular formula is C65H120O15. The number of allylic oxidation sites excluding steroid dienone is 4. The summed E-state index contributed by atoms with van der Waals surface area (Å²) in [5.74, 6) is -0.909. The lowest BCUT2D eigenvalue weighted by Gasteiger charge is -2.42. The molecule has 80 heavy (non-hydrogen) atoms. The third kappa shape index (κ3) is 37.3. The van der Waals surface area contributed by atoms with E-state index >= 15 is 0 Å². The molecule has 0 amide bonds. The van der Waals surface area contributed by atoms with Crippen molar-refractivity contribution in [3.05, 3.63) is 24.3 Å². The minimum atomic E-state index is -1.76. The van der Waals surface area contributed by atoms with Crippen molar-refractivity contribution in [1.82, 2.24) is 0 Å². The third-order valence-corrected chi connectivity index (χ3v) is 15.9. The molecule has 0 saturated carbocycles. The summed E-state index contributed by atoms with van der Waals surface area (Å²) < 4.78 is 33.8. The number of aliphatic hydroxyl groups is 7. The number of carbonyl (C=O) groups excluding carboxylic acids is 2. The van der Waals surface area contributed by atoms with Gasteiger partial charge in [0.15, 0.2) is 18.7 Å². The van der Waals surface area contributed by atoms with Crippen molar-refractivity contribution in [2.75, 3.05) is 26.4 Å².